The molecule has 0 saturated heterocycles. The van der Waals surface area contributed by atoms with Crippen LogP contribution in [-0.2, 0) is 6.54 Å². The van der Waals surface area contributed by atoms with Gasteiger partial charge in [0.25, 0.3) is 5.56 Å². The van der Waals surface area contributed by atoms with E-state index < -0.39 is 0 Å². The van der Waals surface area contributed by atoms with E-state index in [1.807, 2.05) is 24.3 Å². The molecule has 16 heavy (non-hydrogen) atoms. The van der Waals surface area contributed by atoms with Crippen molar-refractivity contribution >= 4 is 15.9 Å². The molecule has 0 amide bonds. The molecule has 2 rings (SSSR count). The molecule has 0 fully saturated rings. The van der Waals surface area contributed by atoms with Crippen molar-refractivity contribution in [3.63, 3.8) is 0 Å². The standard InChI is InChI=1S/C11H10BrN3O/c12-9-2-1-3-10(4-9)15-6-8(5-13)11(16)14-7-15/h1-4,6-7H,5,13H2. The number of aromatic nitrogens is 2. The topological polar surface area (TPSA) is 60.9 Å². The molecule has 4 nitrogen and oxygen atoms in total. The first kappa shape index (κ1) is 11.0. The Morgan fingerprint density at radius 2 is 2.25 bits per heavy atom. The van der Waals surface area contributed by atoms with Gasteiger partial charge in [-0.25, -0.2) is 0 Å². The van der Waals surface area contributed by atoms with Crippen molar-refractivity contribution < 1.29 is 0 Å². The van der Waals surface area contributed by atoms with Gasteiger partial charge in [0.05, 0.1) is 0 Å². The predicted octanol–water partition coefficient (Wildman–Crippen LogP) is 1.45. The van der Waals surface area contributed by atoms with Crippen LogP contribution in [0, 0.1) is 0 Å². The third kappa shape index (κ3) is 2.20. The van der Waals surface area contributed by atoms with Crippen molar-refractivity contribution in [1.82, 2.24) is 9.55 Å². The van der Waals surface area contributed by atoms with Gasteiger partial charge in [0.2, 0.25) is 0 Å². The van der Waals surface area contributed by atoms with E-state index in [1.54, 1.807) is 10.8 Å². The van der Waals surface area contributed by atoms with E-state index in [1.165, 1.54) is 6.33 Å². The maximum absolute atomic E-state index is 11.3. The van der Waals surface area contributed by atoms with Crippen LogP contribution in [-0.4, -0.2) is 9.55 Å². The minimum atomic E-state index is -0.270. The summed E-state index contributed by atoms with van der Waals surface area (Å²) in [7, 11) is 0. The Bertz CT molecular complexity index is 565. The summed E-state index contributed by atoms with van der Waals surface area (Å²) in [6.07, 6.45) is 3.19. The average Bonchev–Trinajstić information content (AvgIpc) is 2.29. The van der Waals surface area contributed by atoms with E-state index >= 15 is 0 Å². The Morgan fingerprint density at radius 1 is 1.44 bits per heavy atom. The summed E-state index contributed by atoms with van der Waals surface area (Å²) in [6, 6.07) is 7.71. The van der Waals surface area contributed by atoms with E-state index in [-0.39, 0.29) is 12.1 Å². The summed E-state index contributed by atoms with van der Waals surface area (Å²) in [6.45, 7) is 0.195. The fourth-order valence-corrected chi connectivity index (χ4v) is 1.76. The predicted molar refractivity (Wildman–Crippen MR) is 65.4 cm³/mol. The molecule has 0 atom stereocenters. The van der Waals surface area contributed by atoms with Crippen molar-refractivity contribution in [3.05, 3.63) is 57.2 Å². The molecule has 82 valence electrons. The van der Waals surface area contributed by atoms with Crippen LogP contribution in [0.1, 0.15) is 5.56 Å². The molecule has 0 unspecified atom stereocenters. The molecule has 0 bridgehead atoms. The lowest BCUT2D eigenvalue weighted by atomic mass is 10.3. The number of rotatable bonds is 2. The molecule has 5 heteroatoms. The summed E-state index contributed by atoms with van der Waals surface area (Å²) in [5.41, 5.74) is 6.62. The van der Waals surface area contributed by atoms with E-state index in [2.05, 4.69) is 20.9 Å². The number of hydrogen-bond acceptors (Lipinski definition) is 3. The molecule has 1 heterocycles. The second-order valence-corrected chi connectivity index (χ2v) is 4.21. The van der Waals surface area contributed by atoms with Crippen LogP contribution in [0.25, 0.3) is 5.69 Å². The van der Waals surface area contributed by atoms with Gasteiger partial charge >= 0.3 is 0 Å². The molecule has 2 N–H and O–H groups in total. The summed E-state index contributed by atoms with van der Waals surface area (Å²) < 4.78 is 2.74. The van der Waals surface area contributed by atoms with Crippen LogP contribution in [0.4, 0.5) is 0 Å². The third-order valence-corrected chi connectivity index (χ3v) is 2.69. The smallest absolute Gasteiger partial charge is 0.277 e. The highest BCUT2D eigenvalue weighted by molar-refractivity contribution is 9.10. The Hall–Kier alpha value is -1.46. The first-order valence-electron chi connectivity index (χ1n) is 4.74. The maximum atomic E-state index is 11.3. The lowest BCUT2D eigenvalue weighted by Crippen LogP contribution is -2.18. The molecular weight excluding hydrogens is 270 g/mol. The largest absolute Gasteiger partial charge is 0.326 e. The fourth-order valence-electron chi connectivity index (χ4n) is 1.37. The molecule has 0 saturated carbocycles. The van der Waals surface area contributed by atoms with Gasteiger partial charge < -0.3 is 10.3 Å². The molecule has 0 aliphatic carbocycles. The summed E-state index contributed by atoms with van der Waals surface area (Å²) >= 11 is 3.39. The van der Waals surface area contributed by atoms with Crippen molar-refractivity contribution in [3.8, 4) is 5.69 Å². The van der Waals surface area contributed by atoms with E-state index in [4.69, 9.17) is 5.73 Å². The first-order valence-corrected chi connectivity index (χ1v) is 5.53. The SMILES string of the molecule is NCc1cn(-c2cccc(Br)c2)cnc1=O. The molecule has 0 aliphatic heterocycles. The van der Waals surface area contributed by atoms with Crippen molar-refractivity contribution in [1.29, 1.82) is 0 Å². The zero-order valence-corrected chi connectivity index (χ0v) is 10.0. The quantitative estimate of drug-likeness (QED) is 0.905. The highest BCUT2D eigenvalue weighted by Crippen LogP contribution is 2.14. The van der Waals surface area contributed by atoms with E-state index in [0.29, 0.717) is 5.56 Å². The fraction of sp³-hybridized carbons (Fsp3) is 0.0909. The molecule has 1 aromatic carbocycles. The number of benzene rings is 1. The van der Waals surface area contributed by atoms with Gasteiger partial charge in [0, 0.05) is 28.5 Å². The number of hydrogen-bond donors (Lipinski definition) is 1. The zero-order chi connectivity index (χ0) is 11.5. The summed E-state index contributed by atoms with van der Waals surface area (Å²) in [5, 5.41) is 0. The van der Waals surface area contributed by atoms with Crippen molar-refractivity contribution in [2.24, 2.45) is 5.73 Å². The molecule has 0 aliphatic rings. The normalized spacial score (nSPS) is 10.4. The van der Waals surface area contributed by atoms with Crippen LogP contribution in [0.5, 0.6) is 0 Å². The lowest BCUT2D eigenvalue weighted by Gasteiger charge is -2.07. The maximum Gasteiger partial charge on any atom is 0.277 e. The van der Waals surface area contributed by atoms with Gasteiger partial charge in [-0.2, -0.15) is 4.98 Å². The lowest BCUT2D eigenvalue weighted by molar-refractivity contribution is 0.898. The number of nitrogens with two attached hydrogens (primary N) is 1. The highest BCUT2D eigenvalue weighted by Gasteiger charge is 2.01. The minimum absolute atomic E-state index is 0.195. The second kappa shape index (κ2) is 4.59. The van der Waals surface area contributed by atoms with E-state index in [0.717, 1.165) is 10.2 Å². The van der Waals surface area contributed by atoms with Crippen LogP contribution in [0.3, 0.4) is 0 Å². The highest BCUT2D eigenvalue weighted by atomic mass is 79.9. The summed E-state index contributed by atoms with van der Waals surface area (Å²) in [4.78, 5) is 15.1. The molecular formula is C11H10BrN3O. The van der Waals surface area contributed by atoms with Crippen LogP contribution in [0.2, 0.25) is 0 Å². The average molecular weight is 280 g/mol. The van der Waals surface area contributed by atoms with Crippen LogP contribution in [0.15, 0.2) is 46.1 Å². The van der Waals surface area contributed by atoms with Gasteiger partial charge in [-0.05, 0) is 18.2 Å². The number of halogens is 1. The van der Waals surface area contributed by atoms with Gasteiger partial charge in [-0.3, -0.25) is 4.79 Å². The van der Waals surface area contributed by atoms with Gasteiger partial charge in [-0.15, -0.1) is 0 Å². The second-order valence-electron chi connectivity index (χ2n) is 3.30. The number of nitrogens with zero attached hydrogens (tertiary/aromatic N) is 2. The minimum Gasteiger partial charge on any atom is -0.326 e. The Kier molecular flexibility index (Phi) is 3.17. The van der Waals surface area contributed by atoms with Crippen molar-refractivity contribution in [2.45, 2.75) is 6.54 Å². The third-order valence-electron chi connectivity index (χ3n) is 2.20. The van der Waals surface area contributed by atoms with Gasteiger partial charge in [0.15, 0.2) is 0 Å². The van der Waals surface area contributed by atoms with Gasteiger partial charge in [-0.1, -0.05) is 22.0 Å². The van der Waals surface area contributed by atoms with Crippen LogP contribution < -0.4 is 11.3 Å². The van der Waals surface area contributed by atoms with Crippen LogP contribution >= 0.6 is 15.9 Å². The van der Waals surface area contributed by atoms with Crippen molar-refractivity contribution in [2.75, 3.05) is 0 Å². The molecule has 0 radical (unpaired) electrons. The first-order chi connectivity index (χ1) is 7.70. The Labute approximate surface area is 101 Å². The Balaban J connectivity index is 2.52. The summed E-state index contributed by atoms with van der Waals surface area (Å²) in [5.74, 6) is 0. The molecule has 2 aromatic rings. The molecule has 0 spiro atoms. The van der Waals surface area contributed by atoms with Gasteiger partial charge in [0.1, 0.15) is 6.33 Å². The molecule has 1 aromatic heterocycles. The zero-order valence-electron chi connectivity index (χ0n) is 8.43. The Morgan fingerprint density at radius 3 is 2.94 bits per heavy atom. The van der Waals surface area contributed by atoms with E-state index in [9.17, 15) is 4.79 Å². The monoisotopic (exact) mass is 279 g/mol.